The summed E-state index contributed by atoms with van der Waals surface area (Å²) in [4.78, 5) is 3.35. The number of rotatable bonds is 4. The average Bonchev–Trinajstić information content (AvgIpc) is 2.67. The van der Waals surface area contributed by atoms with E-state index in [1.165, 1.54) is 42.1 Å². The molecule has 1 heterocycles. The number of unbranched alkanes of at least 4 members (excludes halogenated alkanes) is 1. The van der Waals surface area contributed by atoms with Gasteiger partial charge in [-0.3, -0.25) is 0 Å². The molecule has 0 aliphatic heterocycles. The Morgan fingerprint density at radius 1 is 1.06 bits per heavy atom. The van der Waals surface area contributed by atoms with Crippen molar-refractivity contribution >= 4 is 10.9 Å². The van der Waals surface area contributed by atoms with E-state index in [1.54, 1.807) is 0 Å². The van der Waals surface area contributed by atoms with Crippen LogP contribution in [0.3, 0.4) is 0 Å². The van der Waals surface area contributed by atoms with Crippen LogP contribution in [-0.2, 0) is 6.42 Å². The number of nitrogens with one attached hydrogen (secondary N) is 1. The molecule has 0 aliphatic carbocycles. The fraction of sp³-hybridized carbons (Fsp3) is 0.500. The Hall–Kier alpha value is -1.24. The summed E-state index contributed by atoms with van der Waals surface area (Å²) in [7, 11) is 0. The van der Waals surface area contributed by atoms with Crippen LogP contribution in [0.2, 0.25) is 0 Å². The Kier molecular flexibility index (Phi) is 3.56. The Balaban J connectivity index is 1.91. The van der Waals surface area contributed by atoms with E-state index in [-0.39, 0.29) is 0 Å². The van der Waals surface area contributed by atoms with Crippen LogP contribution in [0.4, 0.5) is 0 Å². The molecule has 0 fully saturated rings. The van der Waals surface area contributed by atoms with Crippen LogP contribution in [0.1, 0.15) is 45.6 Å². The second-order valence-corrected chi connectivity index (χ2v) is 6.13. The Bertz CT molecular complexity index is 473. The van der Waals surface area contributed by atoms with Crippen molar-refractivity contribution in [3.63, 3.8) is 0 Å². The van der Waals surface area contributed by atoms with Gasteiger partial charge in [-0.1, -0.05) is 45.4 Å². The predicted octanol–water partition coefficient (Wildman–Crippen LogP) is 4.93. The number of aromatic amines is 1. The number of benzene rings is 1. The first-order valence-corrected chi connectivity index (χ1v) is 6.61. The number of para-hydroxylation sites is 1. The maximum atomic E-state index is 3.35. The van der Waals surface area contributed by atoms with E-state index >= 15 is 0 Å². The Morgan fingerprint density at radius 3 is 2.59 bits per heavy atom. The molecular formula is C16H23N. The van der Waals surface area contributed by atoms with Crippen LogP contribution >= 0.6 is 0 Å². The lowest BCUT2D eigenvalue weighted by Crippen LogP contribution is -2.04. The van der Waals surface area contributed by atoms with E-state index in [2.05, 4.69) is 56.2 Å². The maximum absolute atomic E-state index is 3.35. The van der Waals surface area contributed by atoms with E-state index in [9.17, 15) is 0 Å². The van der Waals surface area contributed by atoms with E-state index in [0.29, 0.717) is 5.41 Å². The van der Waals surface area contributed by atoms with Crippen molar-refractivity contribution in [1.29, 1.82) is 0 Å². The maximum Gasteiger partial charge on any atom is 0.0456 e. The van der Waals surface area contributed by atoms with Crippen molar-refractivity contribution in [2.24, 2.45) is 5.41 Å². The largest absolute Gasteiger partial charge is 0.361 e. The minimum absolute atomic E-state index is 0.472. The van der Waals surface area contributed by atoms with E-state index in [0.717, 1.165) is 0 Å². The van der Waals surface area contributed by atoms with Crippen molar-refractivity contribution in [2.45, 2.75) is 46.5 Å². The lowest BCUT2D eigenvalue weighted by atomic mass is 9.89. The van der Waals surface area contributed by atoms with Gasteiger partial charge in [-0.2, -0.15) is 0 Å². The molecule has 0 saturated carbocycles. The van der Waals surface area contributed by atoms with Gasteiger partial charge < -0.3 is 4.98 Å². The smallest absolute Gasteiger partial charge is 0.0456 e. The summed E-state index contributed by atoms with van der Waals surface area (Å²) >= 11 is 0. The quantitative estimate of drug-likeness (QED) is 0.716. The SMILES string of the molecule is CC(C)(C)CCCCc1c[nH]c2ccccc12. The molecule has 2 aromatic rings. The van der Waals surface area contributed by atoms with Crippen LogP contribution in [0.25, 0.3) is 10.9 Å². The number of hydrogen-bond donors (Lipinski definition) is 1. The molecule has 0 bridgehead atoms. The second kappa shape index (κ2) is 4.95. The number of hydrogen-bond acceptors (Lipinski definition) is 0. The summed E-state index contributed by atoms with van der Waals surface area (Å²) in [6.45, 7) is 6.95. The lowest BCUT2D eigenvalue weighted by molar-refractivity contribution is 0.360. The lowest BCUT2D eigenvalue weighted by Gasteiger charge is -2.17. The summed E-state index contributed by atoms with van der Waals surface area (Å²) < 4.78 is 0. The zero-order valence-electron chi connectivity index (χ0n) is 11.2. The van der Waals surface area contributed by atoms with Gasteiger partial charge in [-0.15, -0.1) is 0 Å². The second-order valence-electron chi connectivity index (χ2n) is 6.13. The summed E-state index contributed by atoms with van der Waals surface area (Å²) in [6, 6.07) is 8.57. The topological polar surface area (TPSA) is 15.8 Å². The molecule has 1 heteroatoms. The molecule has 1 aromatic carbocycles. The fourth-order valence-electron chi connectivity index (χ4n) is 2.31. The fourth-order valence-corrected chi connectivity index (χ4v) is 2.31. The minimum atomic E-state index is 0.472. The van der Waals surface area contributed by atoms with Gasteiger partial charge in [0.05, 0.1) is 0 Å². The normalized spacial score (nSPS) is 12.2. The van der Waals surface area contributed by atoms with Gasteiger partial charge >= 0.3 is 0 Å². The first-order chi connectivity index (χ1) is 8.06. The highest BCUT2D eigenvalue weighted by atomic mass is 14.7. The summed E-state index contributed by atoms with van der Waals surface area (Å²) in [5.74, 6) is 0. The summed E-state index contributed by atoms with van der Waals surface area (Å²) in [6.07, 6.45) is 7.29. The monoisotopic (exact) mass is 229 g/mol. The number of H-pyrrole nitrogens is 1. The van der Waals surface area contributed by atoms with Crippen molar-refractivity contribution in [3.8, 4) is 0 Å². The van der Waals surface area contributed by atoms with Crippen LogP contribution in [-0.4, -0.2) is 4.98 Å². The molecule has 1 nitrogen and oxygen atoms in total. The van der Waals surface area contributed by atoms with Gasteiger partial charge in [-0.05, 0) is 36.3 Å². The van der Waals surface area contributed by atoms with Gasteiger partial charge in [0, 0.05) is 17.1 Å². The number of aromatic nitrogens is 1. The Morgan fingerprint density at radius 2 is 1.82 bits per heavy atom. The molecule has 0 radical (unpaired) electrons. The first kappa shape index (κ1) is 12.2. The highest BCUT2D eigenvalue weighted by Crippen LogP contribution is 2.24. The third-order valence-corrected chi connectivity index (χ3v) is 3.30. The molecule has 17 heavy (non-hydrogen) atoms. The van der Waals surface area contributed by atoms with E-state index in [1.807, 2.05) is 0 Å². The number of aryl methyl sites for hydroxylation is 1. The zero-order chi connectivity index (χ0) is 12.3. The molecule has 92 valence electrons. The van der Waals surface area contributed by atoms with Gasteiger partial charge in [0.15, 0.2) is 0 Å². The van der Waals surface area contributed by atoms with Crippen LogP contribution in [0, 0.1) is 5.41 Å². The average molecular weight is 229 g/mol. The molecule has 0 aliphatic rings. The molecular weight excluding hydrogens is 206 g/mol. The predicted molar refractivity (Wildman–Crippen MR) is 75.3 cm³/mol. The standard InChI is InChI=1S/C16H23N/c1-16(2,3)11-7-6-8-13-12-17-15-10-5-4-9-14(13)15/h4-5,9-10,12,17H,6-8,11H2,1-3H3. The van der Waals surface area contributed by atoms with E-state index < -0.39 is 0 Å². The first-order valence-electron chi connectivity index (χ1n) is 6.61. The molecule has 0 atom stereocenters. The van der Waals surface area contributed by atoms with Gasteiger partial charge in [0.1, 0.15) is 0 Å². The highest BCUT2D eigenvalue weighted by molar-refractivity contribution is 5.82. The van der Waals surface area contributed by atoms with Gasteiger partial charge in [0.25, 0.3) is 0 Å². The number of fused-ring (bicyclic) bond motifs is 1. The molecule has 1 aromatic heterocycles. The molecule has 0 saturated heterocycles. The van der Waals surface area contributed by atoms with Crippen molar-refractivity contribution in [1.82, 2.24) is 4.98 Å². The molecule has 1 N–H and O–H groups in total. The zero-order valence-corrected chi connectivity index (χ0v) is 11.2. The minimum Gasteiger partial charge on any atom is -0.361 e. The molecule has 0 unspecified atom stereocenters. The van der Waals surface area contributed by atoms with Crippen LogP contribution < -0.4 is 0 Å². The molecule has 2 rings (SSSR count). The third kappa shape index (κ3) is 3.36. The molecule has 0 spiro atoms. The van der Waals surface area contributed by atoms with E-state index in [4.69, 9.17) is 0 Å². The van der Waals surface area contributed by atoms with Crippen LogP contribution in [0.15, 0.2) is 30.5 Å². The van der Waals surface area contributed by atoms with Crippen LogP contribution in [0.5, 0.6) is 0 Å². The highest BCUT2D eigenvalue weighted by Gasteiger charge is 2.09. The summed E-state index contributed by atoms with van der Waals surface area (Å²) in [5.41, 5.74) is 3.20. The van der Waals surface area contributed by atoms with Crippen molar-refractivity contribution in [3.05, 3.63) is 36.0 Å². The molecule has 0 amide bonds. The van der Waals surface area contributed by atoms with Gasteiger partial charge in [0.2, 0.25) is 0 Å². The van der Waals surface area contributed by atoms with Gasteiger partial charge in [-0.25, -0.2) is 0 Å². The van der Waals surface area contributed by atoms with Crippen molar-refractivity contribution in [2.75, 3.05) is 0 Å². The Labute approximate surface area is 104 Å². The van der Waals surface area contributed by atoms with Crippen molar-refractivity contribution < 1.29 is 0 Å². The summed E-state index contributed by atoms with van der Waals surface area (Å²) in [5, 5.41) is 1.39. The third-order valence-electron chi connectivity index (χ3n) is 3.30.